The number of carbonyl (C=O) groups excluding carboxylic acids is 4. The fraction of sp³-hybridized carbons (Fsp3) is 0.615. The molecule has 2 saturated carbocycles. The van der Waals surface area contributed by atoms with E-state index < -0.39 is 64.1 Å². The van der Waals surface area contributed by atoms with E-state index in [-0.39, 0.29) is 12.2 Å². The van der Waals surface area contributed by atoms with Crippen molar-refractivity contribution in [2.45, 2.75) is 52.2 Å². The van der Waals surface area contributed by atoms with Crippen molar-refractivity contribution in [3.8, 4) is 0 Å². The van der Waals surface area contributed by atoms with E-state index in [1.165, 1.54) is 6.26 Å². The second kappa shape index (κ2) is 7.53. The van der Waals surface area contributed by atoms with Crippen molar-refractivity contribution >= 4 is 23.7 Å². The molecule has 6 atom stereocenters. The Morgan fingerprint density at radius 1 is 1.14 bits per heavy atom. The van der Waals surface area contributed by atoms with E-state index in [1.807, 2.05) is 6.92 Å². The van der Waals surface area contributed by atoms with E-state index in [4.69, 9.17) is 18.6 Å². The van der Waals surface area contributed by atoms with Gasteiger partial charge in [0.15, 0.2) is 11.7 Å². The van der Waals surface area contributed by atoms with Crippen molar-refractivity contribution in [1.29, 1.82) is 0 Å². The normalized spacial score (nSPS) is 37.1. The number of rotatable bonds is 4. The second-order valence-electron chi connectivity index (χ2n) is 10.9. The molecule has 1 saturated heterocycles. The van der Waals surface area contributed by atoms with Crippen LogP contribution in [0.4, 0.5) is 0 Å². The average molecular weight is 487 g/mol. The molecule has 1 N–H and O–H groups in total. The molecular formula is C26H30O9. The summed E-state index contributed by atoms with van der Waals surface area (Å²) < 4.78 is 21.0. The topological polar surface area (TPSA) is 129 Å². The highest BCUT2D eigenvalue weighted by Gasteiger charge is 2.80. The van der Waals surface area contributed by atoms with Crippen molar-refractivity contribution in [3.63, 3.8) is 0 Å². The first-order valence-corrected chi connectivity index (χ1v) is 11.8. The van der Waals surface area contributed by atoms with Crippen LogP contribution in [0.2, 0.25) is 0 Å². The maximum atomic E-state index is 14.2. The smallest absolute Gasteiger partial charge is 0.321 e. The molecule has 2 heterocycles. The van der Waals surface area contributed by atoms with Crippen LogP contribution in [0, 0.1) is 34.0 Å². The van der Waals surface area contributed by atoms with E-state index in [1.54, 1.807) is 26.2 Å². The number of hydrogen-bond donors (Lipinski definition) is 1. The summed E-state index contributed by atoms with van der Waals surface area (Å²) in [5.41, 5.74) is -1.19. The summed E-state index contributed by atoms with van der Waals surface area (Å²) in [6.07, 6.45) is 2.27. The number of furan rings is 1. The van der Waals surface area contributed by atoms with Crippen LogP contribution >= 0.6 is 0 Å². The Labute approximate surface area is 202 Å². The minimum absolute atomic E-state index is 0.0230. The van der Waals surface area contributed by atoms with Crippen molar-refractivity contribution in [1.82, 2.24) is 0 Å². The van der Waals surface area contributed by atoms with Gasteiger partial charge in [0.2, 0.25) is 0 Å². The lowest BCUT2D eigenvalue weighted by atomic mass is 9.48. The monoisotopic (exact) mass is 486 g/mol. The van der Waals surface area contributed by atoms with Gasteiger partial charge in [-0.2, -0.15) is 0 Å². The zero-order valence-corrected chi connectivity index (χ0v) is 20.5. The summed E-state index contributed by atoms with van der Waals surface area (Å²) in [4.78, 5) is 53.1. The maximum absolute atomic E-state index is 14.2. The molecule has 9 nitrogen and oxygen atoms in total. The van der Waals surface area contributed by atoms with E-state index in [2.05, 4.69) is 0 Å². The van der Waals surface area contributed by atoms with Crippen LogP contribution in [0.1, 0.15) is 51.7 Å². The third-order valence-corrected chi connectivity index (χ3v) is 9.39. The molecule has 0 radical (unpaired) electrons. The lowest BCUT2D eigenvalue weighted by Crippen LogP contribution is -2.59. The Kier molecular flexibility index (Phi) is 5.12. The molecule has 0 aromatic carbocycles. The van der Waals surface area contributed by atoms with Gasteiger partial charge in [0, 0.05) is 16.4 Å². The van der Waals surface area contributed by atoms with Crippen molar-refractivity contribution < 1.29 is 42.9 Å². The maximum Gasteiger partial charge on any atom is 0.321 e. The Balaban J connectivity index is 1.76. The second-order valence-corrected chi connectivity index (χ2v) is 10.9. The fourth-order valence-electron chi connectivity index (χ4n) is 7.80. The number of esters is 3. The van der Waals surface area contributed by atoms with Gasteiger partial charge in [-0.25, -0.2) is 0 Å². The number of hydrogen-bond acceptors (Lipinski definition) is 9. The summed E-state index contributed by atoms with van der Waals surface area (Å²) >= 11 is 0. The van der Waals surface area contributed by atoms with Gasteiger partial charge in [-0.05, 0) is 30.4 Å². The van der Waals surface area contributed by atoms with E-state index in [0.717, 1.165) is 19.8 Å². The zero-order valence-electron chi connectivity index (χ0n) is 20.5. The molecule has 5 rings (SSSR count). The molecule has 3 fully saturated rings. The van der Waals surface area contributed by atoms with Crippen molar-refractivity contribution in [3.05, 3.63) is 35.3 Å². The first-order valence-electron chi connectivity index (χ1n) is 11.8. The van der Waals surface area contributed by atoms with Crippen LogP contribution in [0.3, 0.4) is 0 Å². The van der Waals surface area contributed by atoms with Gasteiger partial charge in [-0.1, -0.05) is 26.3 Å². The molecule has 188 valence electrons. The average Bonchev–Trinajstić information content (AvgIpc) is 3.47. The molecule has 35 heavy (non-hydrogen) atoms. The summed E-state index contributed by atoms with van der Waals surface area (Å²) in [5, 5.41) is 11.5. The van der Waals surface area contributed by atoms with Gasteiger partial charge >= 0.3 is 17.9 Å². The summed E-state index contributed by atoms with van der Waals surface area (Å²) in [7, 11) is 2.32. The number of Topliss-reactive ketones (excluding diaryl/α,β-unsaturated/α-hetero) is 1. The van der Waals surface area contributed by atoms with Gasteiger partial charge in [0.05, 0.1) is 50.6 Å². The van der Waals surface area contributed by atoms with E-state index >= 15 is 0 Å². The number of ether oxygens (including phenoxy) is 3. The van der Waals surface area contributed by atoms with E-state index in [9.17, 15) is 24.3 Å². The fourth-order valence-corrected chi connectivity index (χ4v) is 7.80. The van der Waals surface area contributed by atoms with Gasteiger partial charge in [0.1, 0.15) is 6.10 Å². The number of ketones is 1. The highest BCUT2D eigenvalue weighted by atomic mass is 16.6. The Morgan fingerprint density at radius 3 is 2.37 bits per heavy atom. The largest absolute Gasteiger partial charge is 0.472 e. The Bertz CT molecular complexity index is 1130. The minimum Gasteiger partial charge on any atom is -0.472 e. The predicted octanol–water partition coefficient (Wildman–Crippen LogP) is 2.53. The number of aliphatic hydroxyl groups excluding tert-OH is 1. The standard InChI is InChI=1S/C26H30O9/c1-24(2)19(28)17-16-13(26(24,20(17)29)18(22(30)32-4)23(31)33-5)6-8-25(3)14(16)10-15(27)35-21(25)12-7-9-34-11-12/h7,9,11,13,17-19,21,28H,6,8,10H2,1-5H3. The number of fused-ring (bicyclic) bond motifs is 6. The van der Waals surface area contributed by atoms with Crippen LogP contribution in [0.15, 0.2) is 34.2 Å². The summed E-state index contributed by atoms with van der Waals surface area (Å²) in [6, 6.07) is 1.75. The molecule has 6 unspecified atom stereocenters. The van der Waals surface area contributed by atoms with E-state index in [0.29, 0.717) is 24.0 Å². The van der Waals surface area contributed by atoms with Crippen molar-refractivity contribution in [2.24, 2.45) is 34.0 Å². The Morgan fingerprint density at radius 2 is 1.80 bits per heavy atom. The van der Waals surface area contributed by atoms with Gasteiger partial charge in [0.25, 0.3) is 0 Å². The molecule has 1 aromatic heterocycles. The third-order valence-electron chi connectivity index (χ3n) is 9.39. The molecule has 2 bridgehead atoms. The predicted molar refractivity (Wildman–Crippen MR) is 118 cm³/mol. The lowest BCUT2D eigenvalue weighted by molar-refractivity contribution is -0.181. The van der Waals surface area contributed by atoms with Crippen LogP contribution in [0.5, 0.6) is 0 Å². The highest BCUT2D eigenvalue weighted by molar-refractivity contribution is 6.08. The Hall–Kier alpha value is -2.94. The van der Waals surface area contributed by atoms with Crippen LogP contribution in [-0.4, -0.2) is 49.1 Å². The molecule has 1 aliphatic heterocycles. The SMILES string of the molecule is COC(=O)C(C(=O)OC)C12C(=O)C(C3=C4CC(=O)OC(c5ccoc5)C4(C)CCC31)C(O)C2(C)C. The summed E-state index contributed by atoms with van der Waals surface area (Å²) in [5.74, 6) is -5.54. The first kappa shape index (κ1) is 23.8. The quantitative estimate of drug-likeness (QED) is 0.295. The van der Waals surface area contributed by atoms with Gasteiger partial charge in [-0.15, -0.1) is 0 Å². The lowest BCUT2D eigenvalue weighted by Gasteiger charge is -2.55. The van der Waals surface area contributed by atoms with Crippen LogP contribution in [0.25, 0.3) is 0 Å². The number of aliphatic hydroxyl groups is 1. The van der Waals surface area contributed by atoms with Gasteiger partial charge in [-0.3, -0.25) is 19.2 Å². The molecule has 9 heteroatoms. The molecular weight excluding hydrogens is 456 g/mol. The third kappa shape index (κ3) is 2.67. The molecule has 0 amide bonds. The van der Waals surface area contributed by atoms with Crippen LogP contribution in [-0.2, 0) is 33.4 Å². The minimum atomic E-state index is -1.56. The molecule has 4 aliphatic rings. The van der Waals surface area contributed by atoms with Gasteiger partial charge < -0.3 is 23.7 Å². The zero-order chi connectivity index (χ0) is 25.5. The number of carbonyl (C=O) groups is 4. The van der Waals surface area contributed by atoms with Crippen molar-refractivity contribution in [2.75, 3.05) is 14.2 Å². The number of methoxy groups -OCH3 is 2. The first-order chi connectivity index (χ1) is 16.5. The molecule has 3 aliphatic carbocycles. The van der Waals surface area contributed by atoms with Crippen LogP contribution < -0.4 is 0 Å². The molecule has 1 aromatic rings. The highest BCUT2D eigenvalue weighted by Crippen LogP contribution is 2.74. The summed E-state index contributed by atoms with van der Waals surface area (Å²) in [6.45, 7) is 5.43. The molecule has 0 spiro atoms. The number of cyclic esters (lactones) is 1.